The summed E-state index contributed by atoms with van der Waals surface area (Å²) in [6.45, 7) is 8.93. The van der Waals surface area contributed by atoms with E-state index in [9.17, 15) is 29.1 Å². The zero-order chi connectivity index (χ0) is 42.7. The lowest BCUT2D eigenvalue weighted by Crippen LogP contribution is -2.82. The number of ether oxygens (including phenoxy) is 7. The Labute approximate surface area is 341 Å². The molecule has 4 aliphatic rings. The van der Waals surface area contributed by atoms with Crippen LogP contribution in [0.5, 0.6) is 5.75 Å². The van der Waals surface area contributed by atoms with Crippen LogP contribution in [0.1, 0.15) is 71.7 Å². The van der Waals surface area contributed by atoms with Crippen molar-refractivity contribution in [3.05, 3.63) is 89.5 Å². The van der Waals surface area contributed by atoms with Crippen molar-refractivity contribution in [2.45, 2.75) is 103 Å². The molecule has 3 aromatic rings. The van der Waals surface area contributed by atoms with Crippen LogP contribution in [0.3, 0.4) is 0 Å². The highest BCUT2D eigenvalue weighted by atomic mass is 16.6. The Balaban J connectivity index is 1.41. The molecule has 9 atom stereocenters. The Morgan fingerprint density at radius 2 is 1.47 bits per heavy atom. The molecule has 0 radical (unpaired) electrons. The number of aliphatic hydroxyl groups is 1. The standard InChI is InChI=1S/C45H48O14/c1-24-32(55-25(2)46)21-45(52)40(58-41(51)29-14-9-8-10-15-29)38-43(7,39(50)37(56-26(3)47)36(24)42(45,5)6)33(20-34-44(38,23-54-34)59-27(4)48)57-35(49)22-53-31-18-17-28-13-11-12-16-30(28)19-31/h8-19,32-34,37-38,40,52H,20-23H2,1-7H3/t32-,33-,34+,37+,38-,40-,43+,44-,45+/m0/s1. The summed E-state index contributed by atoms with van der Waals surface area (Å²) in [5.41, 5.74) is -7.07. The molecule has 2 bridgehead atoms. The third-order valence-electron chi connectivity index (χ3n) is 12.8. The molecule has 3 fully saturated rings. The molecule has 3 aromatic carbocycles. The van der Waals surface area contributed by atoms with E-state index in [4.69, 9.17) is 33.2 Å². The molecule has 1 saturated heterocycles. The van der Waals surface area contributed by atoms with Crippen LogP contribution in [0, 0.1) is 16.7 Å². The van der Waals surface area contributed by atoms with Crippen molar-refractivity contribution in [3.63, 3.8) is 0 Å². The number of carbonyl (C=O) groups excluding carboxylic acids is 6. The first-order valence-electron chi connectivity index (χ1n) is 19.5. The van der Waals surface area contributed by atoms with Gasteiger partial charge in [0.1, 0.15) is 35.8 Å². The zero-order valence-corrected chi connectivity index (χ0v) is 34.0. The van der Waals surface area contributed by atoms with Crippen LogP contribution in [-0.4, -0.2) is 95.7 Å². The molecule has 1 N–H and O–H groups in total. The van der Waals surface area contributed by atoms with Crippen molar-refractivity contribution in [2.75, 3.05) is 13.2 Å². The third kappa shape index (κ3) is 6.95. The number of hydrogen-bond donors (Lipinski definition) is 1. The average molecular weight is 813 g/mol. The first-order chi connectivity index (χ1) is 27.8. The van der Waals surface area contributed by atoms with Crippen LogP contribution in [0.4, 0.5) is 0 Å². The molecule has 3 aliphatic carbocycles. The number of esters is 5. The monoisotopic (exact) mass is 812 g/mol. The summed E-state index contributed by atoms with van der Waals surface area (Å²) < 4.78 is 42.4. The summed E-state index contributed by atoms with van der Waals surface area (Å²) in [4.78, 5) is 82.7. The Kier molecular flexibility index (Phi) is 10.7. The fraction of sp³-hybridized carbons (Fsp3) is 0.467. The van der Waals surface area contributed by atoms with Gasteiger partial charge in [0.15, 0.2) is 24.1 Å². The van der Waals surface area contributed by atoms with Gasteiger partial charge in [-0.2, -0.15) is 0 Å². The van der Waals surface area contributed by atoms with E-state index in [1.807, 2.05) is 30.3 Å². The van der Waals surface area contributed by atoms with E-state index in [-0.39, 0.29) is 30.6 Å². The predicted molar refractivity (Wildman–Crippen MR) is 208 cm³/mol. The molecule has 1 heterocycles. The lowest BCUT2D eigenvalue weighted by molar-refractivity contribution is -0.346. The molecule has 1 aliphatic heterocycles. The number of carbonyl (C=O) groups is 6. The van der Waals surface area contributed by atoms with E-state index < -0.39 is 101 Å². The summed E-state index contributed by atoms with van der Waals surface area (Å²) in [5, 5.41) is 15.4. The lowest BCUT2D eigenvalue weighted by atomic mass is 9.44. The highest BCUT2D eigenvalue weighted by Crippen LogP contribution is 2.65. The number of Topliss-reactive ketones (excluding diaryl/α,β-unsaturated/α-hetero) is 1. The molecule has 0 unspecified atom stereocenters. The highest BCUT2D eigenvalue weighted by Gasteiger charge is 2.79. The summed E-state index contributed by atoms with van der Waals surface area (Å²) in [5.74, 6) is -6.00. The van der Waals surface area contributed by atoms with Gasteiger partial charge in [-0.15, -0.1) is 0 Å². The SMILES string of the molecule is CC(=O)O[C@H]1C(=O)[C@]2(C)[C@@H](OC(=O)COc3ccc4ccccc4c3)C[C@H]3OC[C@@]3(OC(C)=O)[C@H]2[C@H](OC(=O)c2ccccc2)[C@]2(O)C[C@H](OC(C)=O)C(C)=C1C2(C)C. The van der Waals surface area contributed by atoms with Gasteiger partial charge in [0.2, 0.25) is 0 Å². The van der Waals surface area contributed by atoms with Gasteiger partial charge in [-0.1, -0.05) is 62.4 Å². The highest BCUT2D eigenvalue weighted by molar-refractivity contribution is 5.96. The van der Waals surface area contributed by atoms with Gasteiger partial charge < -0.3 is 38.3 Å². The van der Waals surface area contributed by atoms with Gasteiger partial charge in [0.05, 0.1) is 23.5 Å². The van der Waals surface area contributed by atoms with Crippen LogP contribution in [-0.2, 0) is 52.4 Å². The van der Waals surface area contributed by atoms with E-state index in [1.165, 1.54) is 32.9 Å². The van der Waals surface area contributed by atoms with E-state index in [1.54, 1.807) is 51.1 Å². The average Bonchev–Trinajstić information content (AvgIpc) is 3.17. The Morgan fingerprint density at radius 3 is 2.10 bits per heavy atom. The quantitative estimate of drug-likeness (QED) is 0.173. The minimum absolute atomic E-state index is 0.105. The zero-order valence-electron chi connectivity index (χ0n) is 34.0. The molecular weight excluding hydrogens is 764 g/mol. The van der Waals surface area contributed by atoms with Crippen molar-refractivity contribution >= 4 is 46.4 Å². The lowest BCUT2D eigenvalue weighted by Gasteiger charge is -2.67. The first-order valence-corrected chi connectivity index (χ1v) is 19.5. The molecule has 7 rings (SSSR count). The molecule has 2 saturated carbocycles. The van der Waals surface area contributed by atoms with Crippen molar-refractivity contribution in [1.29, 1.82) is 0 Å². The largest absolute Gasteiger partial charge is 0.482 e. The number of ketones is 1. The van der Waals surface area contributed by atoms with E-state index in [0.29, 0.717) is 11.3 Å². The summed E-state index contributed by atoms with van der Waals surface area (Å²) in [6, 6.07) is 20.9. The molecule has 14 heteroatoms. The van der Waals surface area contributed by atoms with Crippen LogP contribution in [0.2, 0.25) is 0 Å². The predicted octanol–water partition coefficient (Wildman–Crippen LogP) is 5.01. The number of fused-ring (bicyclic) bond motifs is 6. The van der Waals surface area contributed by atoms with Crippen LogP contribution < -0.4 is 4.74 Å². The van der Waals surface area contributed by atoms with Crippen molar-refractivity contribution < 1.29 is 67.0 Å². The normalized spacial score (nSPS) is 31.8. The number of hydrogen-bond acceptors (Lipinski definition) is 14. The van der Waals surface area contributed by atoms with Gasteiger partial charge in [0, 0.05) is 39.0 Å². The fourth-order valence-electron chi connectivity index (χ4n) is 9.96. The van der Waals surface area contributed by atoms with Crippen LogP contribution in [0.25, 0.3) is 10.8 Å². The third-order valence-corrected chi connectivity index (χ3v) is 12.8. The molecule has 59 heavy (non-hydrogen) atoms. The van der Waals surface area contributed by atoms with Crippen molar-refractivity contribution in [1.82, 2.24) is 0 Å². The maximum absolute atomic E-state index is 15.8. The van der Waals surface area contributed by atoms with E-state index >= 15 is 4.79 Å². The maximum atomic E-state index is 15.8. The maximum Gasteiger partial charge on any atom is 0.344 e. The number of benzene rings is 3. The number of rotatable bonds is 9. The molecule has 14 nitrogen and oxygen atoms in total. The van der Waals surface area contributed by atoms with Gasteiger partial charge in [0.25, 0.3) is 0 Å². The summed E-state index contributed by atoms with van der Waals surface area (Å²) >= 11 is 0. The summed E-state index contributed by atoms with van der Waals surface area (Å²) in [7, 11) is 0. The Bertz CT molecular complexity index is 2250. The second kappa shape index (κ2) is 15.2. The van der Waals surface area contributed by atoms with Crippen LogP contribution in [0.15, 0.2) is 83.9 Å². The van der Waals surface area contributed by atoms with Gasteiger partial charge >= 0.3 is 29.8 Å². The minimum Gasteiger partial charge on any atom is -0.482 e. The topological polar surface area (TPSA) is 187 Å². The molecule has 0 aromatic heterocycles. The smallest absolute Gasteiger partial charge is 0.344 e. The molecule has 312 valence electrons. The van der Waals surface area contributed by atoms with E-state index in [0.717, 1.165) is 17.7 Å². The van der Waals surface area contributed by atoms with Crippen LogP contribution >= 0.6 is 0 Å². The summed E-state index contributed by atoms with van der Waals surface area (Å²) in [6.07, 6.45) is -7.66. The second-order valence-corrected chi connectivity index (χ2v) is 16.6. The van der Waals surface area contributed by atoms with Gasteiger partial charge in [-0.3, -0.25) is 19.2 Å². The van der Waals surface area contributed by atoms with Crippen molar-refractivity contribution in [3.8, 4) is 5.75 Å². The minimum atomic E-state index is -2.25. The van der Waals surface area contributed by atoms with Crippen molar-refractivity contribution in [2.24, 2.45) is 16.7 Å². The molecular formula is C45H48O14. The molecule has 0 amide bonds. The van der Waals surface area contributed by atoms with Gasteiger partial charge in [-0.25, -0.2) is 9.59 Å². The Morgan fingerprint density at radius 1 is 0.814 bits per heavy atom. The van der Waals surface area contributed by atoms with E-state index in [2.05, 4.69) is 0 Å². The Hall–Kier alpha value is -5.60. The second-order valence-electron chi connectivity index (χ2n) is 16.6. The fourth-order valence-corrected chi connectivity index (χ4v) is 9.96. The van der Waals surface area contributed by atoms with Gasteiger partial charge in [-0.05, 0) is 60.0 Å². The first kappa shape index (κ1) is 41.6. The molecule has 0 spiro atoms.